The minimum atomic E-state index is -4.44. The average Bonchev–Trinajstić information content (AvgIpc) is 2.18. The van der Waals surface area contributed by atoms with Gasteiger partial charge in [-0.25, -0.2) is 0 Å². The van der Waals surface area contributed by atoms with E-state index in [-0.39, 0.29) is 12.0 Å². The normalized spacial score (nSPS) is 9.94. The number of hydrogen-bond donors (Lipinski definition) is 2. The maximum Gasteiger partial charge on any atom is 0.416 e. The molecule has 1 aromatic carbocycles. The highest BCUT2D eigenvalue weighted by molar-refractivity contribution is 5.92. The van der Waals surface area contributed by atoms with Crippen LogP contribution in [0, 0.1) is 0 Å². The molecular formula is C9H8F3NO3. The van der Waals surface area contributed by atoms with Crippen LogP contribution in [0.4, 0.5) is 13.2 Å². The summed E-state index contributed by atoms with van der Waals surface area (Å²) in [6, 6.07) is 3.98. The van der Waals surface area contributed by atoms with E-state index < -0.39 is 17.6 Å². The van der Waals surface area contributed by atoms with Gasteiger partial charge >= 0.3 is 6.18 Å². The van der Waals surface area contributed by atoms with Crippen LogP contribution in [0.3, 0.4) is 0 Å². The third-order valence-electron chi connectivity index (χ3n) is 1.47. The fraction of sp³-hybridized carbons (Fsp3) is 0.111. The molecule has 4 nitrogen and oxygen atoms in total. The van der Waals surface area contributed by atoms with Gasteiger partial charge in [-0.05, 0) is 18.2 Å². The Morgan fingerprint density at radius 1 is 1.38 bits per heavy atom. The molecule has 0 unspecified atom stereocenters. The van der Waals surface area contributed by atoms with Crippen LogP contribution in [-0.4, -0.2) is 17.5 Å². The maximum absolute atomic E-state index is 12.1. The van der Waals surface area contributed by atoms with Crippen molar-refractivity contribution in [2.45, 2.75) is 6.18 Å². The zero-order valence-electron chi connectivity index (χ0n) is 7.86. The topological polar surface area (TPSA) is 80.4 Å². The molecule has 0 saturated heterocycles. The number of carbonyl (C=O) groups is 2. The van der Waals surface area contributed by atoms with Gasteiger partial charge in [0.2, 0.25) is 5.91 Å². The number of benzene rings is 1. The first-order valence-corrected chi connectivity index (χ1v) is 3.88. The van der Waals surface area contributed by atoms with Gasteiger partial charge in [-0.3, -0.25) is 9.59 Å². The van der Waals surface area contributed by atoms with Crippen LogP contribution in [0.25, 0.3) is 0 Å². The smallest absolute Gasteiger partial charge is 0.416 e. The lowest BCUT2D eigenvalue weighted by Crippen LogP contribution is -2.13. The monoisotopic (exact) mass is 235 g/mol. The SMILES string of the molecule is NC(=O)c1cccc(C(F)(F)F)c1.O=CO. The largest absolute Gasteiger partial charge is 0.483 e. The second-order valence-corrected chi connectivity index (χ2v) is 2.55. The number of alkyl halides is 3. The summed E-state index contributed by atoms with van der Waals surface area (Å²) in [7, 11) is 0. The molecule has 0 heterocycles. The highest BCUT2D eigenvalue weighted by Crippen LogP contribution is 2.29. The second-order valence-electron chi connectivity index (χ2n) is 2.55. The van der Waals surface area contributed by atoms with Crippen molar-refractivity contribution < 1.29 is 27.9 Å². The number of halogens is 3. The minimum Gasteiger partial charge on any atom is -0.483 e. The Morgan fingerprint density at radius 3 is 2.25 bits per heavy atom. The van der Waals surface area contributed by atoms with Crippen molar-refractivity contribution in [2.75, 3.05) is 0 Å². The predicted octanol–water partition coefficient (Wildman–Crippen LogP) is 1.51. The predicted molar refractivity (Wildman–Crippen MR) is 48.7 cm³/mol. The number of carboxylic acid groups (broad SMARTS) is 1. The molecule has 16 heavy (non-hydrogen) atoms. The van der Waals surface area contributed by atoms with Crippen molar-refractivity contribution in [3.05, 3.63) is 35.4 Å². The number of hydrogen-bond acceptors (Lipinski definition) is 2. The molecule has 1 aromatic rings. The first kappa shape index (κ1) is 13.9. The Morgan fingerprint density at radius 2 is 1.88 bits per heavy atom. The summed E-state index contributed by atoms with van der Waals surface area (Å²) in [5, 5.41) is 6.89. The van der Waals surface area contributed by atoms with Gasteiger partial charge in [-0.1, -0.05) is 6.07 Å². The highest BCUT2D eigenvalue weighted by atomic mass is 19.4. The summed E-state index contributed by atoms with van der Waals surface area (Å²) in [5.74, 6) is -0.869. The van der Waals surface area contributed by atoms with E-state index >= 15 is 0 Å². The molecule has 0 aliphatic carbocycles. The van der Waals surface area contributed by atoms with Crippen molar-refractivity contribution in [1.82, 2.24) is 0 Å². The van der Waals surface area contributed by atoms with Gasteiger partial charge in [0.25, 0.3) is 6.47 Å². The van der Waals surface area contributed by atoms with E-state index in [2.05, 4.69) is 0 Å². The summed E-state index contributed by atoms with van der Waals surface area (Å²) in [5.41, 5.74) is 3.80. The molecule has 0 atom stereocenters. The summed E-state index contributed by atoms with van der Waals surface area (Å²) in [6.45, 7) is -0.250. The van der Waals surface area contributed by atoms with Crippen molar-refractivity contribution in [3.8, 4) is 0 Å². The second kappa shape index (κ2) is 5.74. The summed E-state index contributed by atoms with van der Waals surface area (Å²) >= 11 is 0. The summed E-state index contributed by atoms with van der Waals surface area (Å²) in [6.07, 6.45) is -4.44. The Kier molecular flexibility index (Phi) is 5.00. The van der Waals surface area contributed by atoms with Crippen molar-refractivity contribution in [2.24, 2.45) is 5.73 Å². The van der Waals surface area contributed by atoms with Crippen LogP contribution in [0.2, 0.25) is 0 Å². The lowest BCUT2D eigenvalue weighted by Gasteiger charge is -2.06. The van der Waals surface area contributed by atoms with Crippen molar-refractivity contribution in [3.63, 3.8) is 0 Å². The summed E-state index contributed by atoms with van der Waals surface area (Å²) in [4.78, 5) is 18.9. The average molecular weight is 235 g/mol. The molecule has 3 N–H and O–H groups in total. The van der Waals surface area contributed by atoms with E-state index in [1.54, 1.807) is 0 Å². The van der Waals surface area contributed by atoms with Gasteiger partial charge < -0.3 is 10.8 Å². The Hall–Kier alpha value is -2.05. The van der Waals surface area contributed by atoms with Gasteiger partial charge in [0.15, 0.2) is 0 Å². The maximum atomic E-state index is 12.1. The molecule has 88 valence electrons. The van der Waals surface area contributed by atoms with Gasteiger partial charge in [-0.2, -0.15) is 13.2 Å². The van der Waals surface area contributed by atoms with E-state index in [9.17, 15) is 18.0 Å². The molecule has 0 fully saturated rings. The standard InChI is InChI=1S/C8H6F3NO.CH2O2/c9-8(10,11)6-3-1-2-5(4-6)7(12)13;2-1-3/h1-4H,(H2,12,13);1H,(H,2,3). The van der Waals surface area contributed by atoms with Crippen LogP contribution in [0.15, 0.2) is 24.3 Å². The molecule has 0 bridgehead atoms. The molecule has 0 spiro atoms. The number of amides is 1. The molecule has 0 aromatic heterocycles. The van der Waals surface area contributed by atoms with E-state index in [1.165, 1.54) is 6.07 Å². The molecule has 0 radical (unpaired) electrons. The first-order chi connectivity index (χ1) is 7.32. The molecular weight excluding hydrogens is 227 g/mol. The number of nitrogens with two attached hydrogens (primary N) is 1. The van der Waals surface area contributed by atoms with Crippen LogP contribution >= 0.6 is 0 Å². The first-order valence-electron chi connectivity index (χ1n) is 3.88. The number of carbonyl (C=O) groups excluding carboxylic acids is 1. The number of primary amides is 1. The highest BCUT2D eigenvalue weighted by Gasteiger charge is 2.30. The van der Waals surface area contributed by atoms with Crippen molar-refractivity contribution in [1.29, 1.82) is 0 Å². The van der Waals surface area contributed by atoms with Gasteiger partial charge in [0.1, 0.15) is 0 Å². The van der Waals surface area contributed by atoms with Crippen molar-refractivity contribution >= 4 is 12.4 Å². The van der Waals surface area contributed by atoms with Crippen LogP contribution in [-0.2, 0) is 11.0 Å². The summed E-state index contributed by atoms with van der Waals surface area (Å²) < 4.78 is 36.2. The lowest BCUT2D eigenvalue weighted by atomic mass is 10.1. The third-order valence-corrected chi connectivity index (χ3v) is 1.47. The zero-order valence-corrected chi connectivity index (χ0v) is 7.86. The fourth-order valence-electron chi connectivity index (χ4n) is 0.849. The molecule has 0 aliphatic rings. The van der Waals surface area contributed by atoms with E-state index in [0.29, 0.717) is 0 Å². The molecule has 0 saturated carbocycles. The minimum absolute atomic E-state index is 0.144. The third kappa shape index (κ3) is 4.45. The molecule has 1 rings (SSSR count). The van der Waals surface area contributed by atoms with Crippen LogP contribution in [0.1, 0.15) is 15.9 Å². The Bertz CT molecular complexity index is 377. The molecule has 7 heteroatoms. The number of rotatable bonds is 1. The van der Waals surface area contributed by atoms with Gasteiger partial charge in [0, 0.05) is 5.56 Å². The van der Waals surface area contributed by atoms with Gasteiger partial charge in [-0.15, -0.1) is 0 Å². The molecule has 0 aliphatic heterocycles. The van der Waals surface area contributed by atoms with E-state index in [4.69, 9.17) is 15.6 Å². The van der Waals surface area contributed by atoms with Crippen LogP contribution < -0.4 is 5.73 Å². The Labute approximate surface area is 88.5 Å². The quantitative estimate of drug-likeness (QED) is 0.724. The Balaban J connectivity index is 0.000000673. The molecule has 1 amide bonds. The lowest BCUT2D eigenvalue weighted by molar-refractivity contribution is -0.137. The van der Waals surface area contributed by atoms with E-state index in [1.807, 2.05) is 0 Å². The van der Waals surface area contributed by atoms with Gasteiger partial charge in [0.05, 0.1) is 5.56 Å². The van der Waals surface area contributed by atoms with Crippen LogP contribution in [0.5, 0.6) is 0 Å². The van der Waals surface area contributed by atoms with E-state index in [0.717, 1.165) is 18.2 Å². The fourth-order valence-corrected chi connectivity index (χ4v) is 0.849. The zero-order chi connectivity index (χ0) is 12.8.